The number of primary amides is 1. The molecule has 2 amide bonds. The molecule has 0 radical (unpaired) electrons. The Morgan fingerprint density at radius 3 is 2.55 bits per heavy atom. The van der Waals surface area contributed by atoms with Gasteiger partial charge in [-0.3, -0.25) is 19.1 Å². The molecule has 108 valence electrons. The number of likely N-dealkylation sites (tertiary alicyclic amines) is 1. The highest BCUT2D eigenvalue weighted by atomic mass is 16.4. The lowest BCUT2D eigenvalue weighted by atomic mass is 9.96. The molecule has 2 rings (SSSR count). The minimum Gasteiger partial charge on any atom is -0.480 e. The molecule has 1 aromatic heterocycles. The zero-order valence-corrected chi connectivity index (χ0v) is 10.9. The second-order valence-corrected chi connectivity index (χ2v) is 4.76. The molecule has 1 fully saturated rings. The van der Waals surface area contributed by atoms with E-state index in [2.05, 4.69) is 5.10 Å². The van der Waals surface area contributed by atoms with Crippen LogP contribution in [0.15, 0.2) is 12.3 Å². The van der Waals surface area contributed by atoms with E-state index in [-0.39, 0.29) is 30.0 Å². The van der Waals surface area contributed by atoms with E-state index >= 15 is 0 Å². The Kier molecular flexibility index (Phi) is 4.02. The Morgan fingerprint density at radius 1 is 1.35 bits per heavy atom. The molecule has 8 nitrogen and oxygen atoms in total. The molecule has 20 heavy (non-hydrogen) atoms. The highest BCUT2D eigenvalue weighted by Crippen LogP contribution is 2.18. The van der Waals surface area contributed by atoms with Gasteiger partial charge in [-0.2, -0.15) is 5.10 Å². The summed E-state index contributed by atoms with van der Waals surface area (Å²) in [7, 11) is 0. The third-order valence-corrected chi connectivity index (χ3v) is 3.34. The zero-order chi connectivity index (χ0) is 14.7. The van der Waals surface area contributed by atoms with Crippen molar-refractivity contribution >= 4 is 17.8 Å². The number of carbonyl (C=O) groups excluding carboxylic acids is 2. The van der Waals surface area contributed by atoms with Gasteiger partial charge in [0.1, 0.15) is 12.2 Å². The fraction of sp³-hybridized carbons (Fsp3) is 0.500. The van der Waals surface area contributed by atoms with Crippen molar-refractivity contribution in [2.45, 2.75) is 19.4 Å². The van der Waals surface area contributed by atoms with Gasteiger partial charge < -0.3 is 15.7 Å². The fourth-order valence-electron chi connectivity index (χ4n) is 2.23. The Morgan fingerprint density at radius 2 is 2.00 bits per heavy atom. The first kappa shape index (κ1) is 14.0. The lowest BCUT2D eigenvalue weighted by Crippen LogP contribution is -2.41. The third kappa shape index (κ3) is 3.14. The molecule has 1 aliphatic rings. The Bertz CT molecular complexity index is 531. The fourth-order valence-corrected chi connectivity index (χ4v) is 2.23. The molecular formula is C12H16N4O4. The summed E-state index contributed by atoms with van der Waals surface area (Å²) in [6.45, 7) is 0.632. The summed E-state index contributed by atoms with van der Waals surface area (Å²) < 4.78 is 1.20. The summed E-state index contributed by atoms with van der Waals surface area (Å²) in [6, 6.07) is 1.49. The topological polar surface area (TPSA) is 119 Å². The molecule has 0 spiro atoms. The van der Waals surface area contributed by atoms with Crippen molar-refractivity contribution in [2.75, 3.05) is 13.1 Å². The summed E-state index contributed by atoms with van der Waals surface area (Å²) in [4.78, 5) is 35.4. The van der Waals surface area contributed by atoms with Gasteiger partial charge >= 0.3 is 5.97 Å². The highest BCUT2D eigenvalue weighted by molar-refractivity contribution is 5.92. The standard InChI is InChI=1S/C12H16N4O4/c13-11(19)8-1-4-15(5-2-8)12(20)9-3-6-16(14-9)7-10(17)18/h3,6,8H,1-2,4-5,7H2,(H2,13,19)(H,17,18). The molecule has 0 aromatic carbocycles. The maximum atomic E-state index is 12.2. The molecule has 0 atom stereocenters. The van der Waals surface area contributed by atoms with Crippen LogP contribution in [0.2, 0.25) is 0 Å². The summed E-state index contributed by atoms with van der Waals surface area (Å²) in [5.41, 5.74) is 5.45. The number of carboxylic acid groups (broad SMARTS) is 1. The number of nitrogens with zero attached hydrogens (tertiary/aromatic N) is 3. The van der Waals surface area contributed by atoms with E-state index in [9.17, 15) is 14.4 Å². The number of aliphatic carboxylic acids is 1. The second kappa shape index (κ2) is 5.72. The number of hydrogen-bond acceptors (Lipinski definition) is 4. The van der Waals surface area contributed by atoms with Crippen molar-refractivity contribution in [3.63, 3.8) is 0 Å². The quantitative estimate of drug-likeness (QED) is 0.756. The van der Waals surface area contributed by atoms with Crippen molar-refractivity contribution in [1.82, 2.24) is 14.7 Å². The Balaban J connectivity index is 1.96. The third-order valence-electron chi connectivity index (χ3n) is 3.34. The van der Waals surface area contributed by atoms with Crippen LogP contribution in [-0.2, 0) is 16.1 Å². The summed E-state index contributed by atoms with van der Waals surface area (Å²) >= 11 is 0. The molecule has 1 aromatic rings. The molecule has 0 bridgehead atoms. The van der Waals surface area contributed by atoms with E-state index in [1.165, 1.54) is 16.9 Å². The van der Waals surface area contributed by atoms with Crippen molar-refractivity contribution in [3.05, 3.63) is 18.0 Å². The van der Waals surface area contributed by atoms with Crippen LogP contribution in [0.3, 0.4) is 0 Å². The molecule has 3 N–H and O–H groups in total. The van der Waals surface area contributed by atoms with Gasteiger partial charge in [0.2, 0.25) is 5.91 Å². The second-order valence-electron chi connectivity index (χ2n) is 4.76. The average Bonchev–Trinajstić information content (AvgIpc) is 2.85. The van der Waals surface area contributed by atoms with Gasteiger partial charge in [-0.15, -0.1) is 0 Å². The molecule has 1 aliphatic heterocycles. The Labute approximate surface area is 115 Å². The number of piperidine rings is 1. The first-order valence-electron chi connectivity index (χ1n) is 6.31. The van der Waals surface area contributed by atoms with Crippen molar-refractivity contribution in [2.24, 2.45) is 11.7 Å². The van der Waals surface area contributed by atoms with E-state index in [4.69, 9.17) is 10.8 Å². The minimum atomic E-state index is -1.02. The van der Waals surface area contributed by atoms with Crippen LogP contribution in [0.4, 0.5) is 0 Å². The maximum absolute atomic E-state index is 12.2. The molecule has 0 aliphatic carbocycles. The molecule has 0 unspecified atom stereocenters. The van der Waals surface area contributed by atoms with Crippen molar-refractivity contribution in [3.8, 4) is 0 Å². The van der Waals surface area contributed by atoms with E-state index in [0.717, 1.165) is 0 Å². The van der Waals surface area contributed by atoms with Gasteiger partial charge in [-0.25, -0.2) is 0 Å². The first-order valence-corrected chi connectivity index (χ1v) is 6.31. The van der Waals surface area contributed by atoms with Gasteiger partial charge in [0.15, 0.2) is 0 Å². The van der Waals surface area contributed by atoms with E-state index < -0.39 is 5.97 Å². The van der Waals surface area contributed by atoms with Gasteiger partial charge in [0.25, 0.3) is 5.91 Å². The predicted molar refractivity (Wildman–Crippen MR) is 67.7 cm³/mol. The van der Waals surface area contributed by atoms with E-state index in [1.54, 1.807) is 4.90 Å². The van der Waals surface area contributed by atoms with Crippen LogP contribution < -0.4 is 5.73 Å². The van der Waals surface area contributed by atoms with Crippen LogP contribution in [0, 0.1) is 5.92 Å². The lowest BCUT2D eigenvalue weighted by molar-refractivity contribution is -0.137. The smallest absolute Gasteiger partial charge is 0.325 e. The number of amides is 2. The summed E-state index contributed by atoms with van der Waals surface area (Å²) in [5.74, 6) is -1.78. The van der Waals surface area contributed by atoms with Gasteiger partial charge in [0.05, 0.1) is 0 Å². The minimum absolute atomic E-state index is 0.177. The molecule has 8 heteroatoms. The zero-order valence-electron chi connectivity index (χ0n) is 10.9. The monoisotopic (exact) mass is 280 g/mol. The van der Waals surface area contributed by atoms with Gasteiger partial charge in [0, 0.05) is 25.2 Å². The number of aromatic nitrogens is 2. The maximum Gasteiger partial charge on any atom is 0.325 e. The average molecular weight is 280 g/mol. The number of carbonyl (C=O) groups is 3. The number of rotatable bonds is 4. The molecule has 1 saturated heterocycles. The summed E-state index contributed by atoms with van der Waals surface area (Å²) in [5, 5.41) is 12.6. The molecule has 2 heterocycles. The van der Waals surface area contributed by atoms with Crippen LogP contribution in [0.25, 0.3) is 0 Å². The predicted octanol–water partition coefficient (Wildman–Crippen LogP) is -0.695. The Hall–Kier alpha value is -2.38. The largest absolute Gasteiger partial charge is 0.480 e. The van der Waals surface area contributed by atoms with E-state index in [0.29, 0.717) is 25.9 Å². The van der Waals surface area contributed by atoms with Gasteiger partial charge in [-0.1, -0.05) is 0 Å². The normalized spacial score (nSPS) is 16.1. The number of carboxylic acids is 1. The molecule has 0 saturated carbocycles. The van der Waals surface area contributed by atoms with Crippen molar-refractivity contribution < 1.29 is 19.5 Å². The van der Waals surface area contributed by atoms with Crippen molar-refractivity contribution in [1.29, 1.82) is 0 Å². The van der Waals surface area contributed by atoms with Gasteiger partial charge in [-0.05, 0) is 18.9 Å². The molecular weight excluding hydrogens is 264 g/mol. The van der Waals surface area contributed by atoms with Crippen LogP contribution in [0.5, 0.6) is 0 Å². The van der Waals surface area contributed by atoms with E-state index in [1.807, 2.05) is 0 Å². The SMILES string of the molecule is NC(=O)C1CCN(C(=O)c2ccn(CC(=O)O)n2)CC1. The van der Waals surface area contributed by atoms with Crippen LogP contribution >= 0.6 is 0 Å². The number of nitrogens with two attached hydrogens (primary N) is 1. The lowest BCUT2D eigenvalue weighted by Gasteiger charge is -2.29. The highest BCUT2D eigenvalue weighted by Gasteiger charge is 2.27. The van der Waals surface area contributed by atoms with Crippen LogP contribution in [0.1, 0.15) is 23.3 Å². The van der Waals surface area contributed by atoms with Crippen LogP contribution in [-0.4, -0.2) is 50.7 Å². The first-order chi connectivity index (χ1) is 9.47. The summed E-state index contributed by atoms with van der Waals surface area (Å²) in [6.07, 6.45) is 2.56. The number of hydrogen-bond donors (Lipinski definition) is 2.